The first-order chi connectivity index (χ1) is 10.3. The molecule has 2 aromatic rings. The lowest BCUT2D eigenvalue weighted by molar-refractivity contribution is -0.922. The maximum Gasteiger partial charge on any atom is 0.128 e. The van der Waals surface area contributed by atoms with Gasteiger partial charge in [-0.3, -0.25) is 0 Å². The van der Waals surface area contributed by atoms with Gasteiger partial charge in [-0.05, 0) is 29.7 Å². The number of methoxy groups -OCH3 is 1. The maximum atomic E-state index is 9.41. The van der Waals surface area contributed by atoms with E-state index in [1.54, 1.807) is 12.0 Å². The highest BCUT2D eigenvalue weighted by atomic mass is 16.5. The molecule has 1 aliphatic rings. The summed E-state index contributed by atoms with van der Waals surface area (Å²) in [4.78, 5) is 1.55. The van der Waals surface area contributed by atoms with Crippen LogP contribution >= 0.6 is 0 Å². The predicted molar refractivity (Wildman–Crippen MR) is 84.7 cm³/mol. The Hall–Kier alpha value is -1.58. The summed E-state index contributed by atoms with van der Waals surface area (Å²) in [6, 6.07) is 12.7. The molecule has 0 amide bonds. The topological polar surface area (TPSA) is 33.9 Å². The fraction of sp³-hybridized carbons (Fsp3) is 0.444. The molecule has 1 heterocycles. The van der Waals surface area contributed by atoms with Crippen molar-refractivity contribution in [3.8, 4) is 5.75 Å². The SMILES string of the molecule is COc1ccc2ccccc2c1C[NH+]1CCC[C@@H](CO)C1. The molecule has 3 rings (SSSR count). The van der Waals surface area contributed by atoms with Crippen LogP contribution in [0.1, 0.15) is 18.4 Å². The number of piperidine rings is 1. The lowest BCUT2D eigenvalue weighted by Crippen LogP contribution is -3.12. The van der Waals surface area contributed by atoms with Crippen LogP contribution in [0.15, 0.2) is 36.4 Å². The van der Waals surface area contributed by atoms with Crippen molar-refractivity contribution in [1.29, 1.82) is 0 Å². The fourth-order valence-electron chi connectivity index (χ4n) is 3.51. The molecule has 3 nitrogen and oxygen atoms in total. The van der Waals surface area contributed by atoms with Crippen molar-refractivity contribution in [3.63, 3.8) is 0 Å². The van der Waals surface area contributed by atoms with Gasteiger partial charge in [0.25, 0.3) is 0 Å². The van der Waals surface area contributed by atoms with Gasteiger partial charge in [0.2, 0.25) is 0 Å². The molecule has 2 atom stereocenters. The van der Waals surface area contributed by atoms with E-state index in [-0.39, 0.29) is 0 Å². The Labute approximate surface area is 126 Å². The summed E-state index contributed by atoms with van der Waals surface area (Å²) >= 11 is 0. The van der Waals surface area contributed by atoms with E-state index in [0.717, 1.165) is 25.3 Å². The molecular weight excluding hydrogens is 262 g/mol. The Morgan fingerprint density at radius 1 is 1.24 bits per heavy atom. The van der Waals surface area contributed by atoms with Crippen LogP contribution in [0.25, 0.3) is 10.8 Å². The van der Waals surface area contributed by atoms with Crippen LogP contribution in [0.5, 0.6) is 5.75 Å². The third-order valence-electron chi connectivity index (χ3n) is 4.62. The zero-order chi connectivity index (χ0) is 14.7. The number of hydrogen-bond donors (Lipinski definition) is 2. The summed E-state index contributed by atoms with van der Waals surface area (Å²) in [6.07, 6.45) is 2.36. The highest BCUT2D eigenvalue weighted by Crippen LogP contribution is 2.27. The van der Waals surface area contributed by atoms with E-state index in [1.807, 2.05) is 0 Å². The van der Waals surface area contributed by atoms with Crippen molar-refractivity contribution in [1.82, 2.24) is 0 Å². The van der Waals surface area contributed by atoms with Gasteiger partial charge in [0.05, 0.1) is 32.4 Å². The van der Waals surface area contributed by atoms with Gasteiger partial charge in [0, 0.05) is 5.92 Å². The highest BCUT2D eigenvalue weighted by molar-refractivity contribution is 5.87. The smallest absolute Gasteiger partial charge is 0.128 e. The van der Waals surface area contributed by atoms with Crippen LogP contribution in [0.2, 0.25) is 0 Å². The van der Waals surface area contributed by atoms with E-state index >= 15 is 0 Å². The minimum atomic E-state index is 0.316. The molecule has 0 saturated carbocycles. The zero-order valence-corrected chi connectivity index (χ0v) is 12.6. The molecule has 2 aromatic carbocycles. The van der Waals surface area contributed by atoms with E-state index in [1.165, 1.54) is 29.3 Å². The molecule has 1 fully saturated rings. The third-order valence-corrected chi connectivity index (χ3v) is 4.62. The van der Waals surface area contributed by atoms with Crippen molar-refractivity contribution in [2.24, 2.45) is 5.92 Å². The lowest BCUT2D eigenvalue weighted by atomic mass is 9.97. The summed E-state index contributed by atoms with van der Waals surface area (Å²) in [6.45, 7) is 3.53. The Bertz CT molecular complexity index is 611. The summed E-state index contributed by atoms with van der Waals surface area (Å²) in [5, 5.41) is 12.0. The van der Waals surface area contributed by atoms with Gasteiger partial charge >= 0.3 is 0 Å². The molecule has 0 aromatic heterocycles. The number of aliphatic hydroxyl groups is 1. The van der Waals surface area contributed by atoms with Crippen LogP contribution in [-0.2, 0) is 6.54 Å². The zero-order valence-electron chi connectivity index (χ0n) is 12.6. The van der Waals surface area contributed by atoms with Crippen molar-refractivity contribution >= 4 is 10.8 Å². The number of hydrogen-bond acceptors (Lipinski definition) is 2. The summed E-state index contributed by atoms with van der Waals surface area (Å²) < 4.78 is 5.59. The number of ether oxygens (including phenoxy) is 1. The van der Waals surface area contributed by atoms with Crippen LogP contribution < -0.4 is 9.64 Å². The normalized spacial score (nSPS) is 22.4. The minimum Gasteiger partial charge on any atom is -0.496 e. The standard InChI is InChI=1S/C18H23NO2/c1-21-18-9-8-15-6-2-3-7-16(15)17(18)12-19-10-4-5-14(11-19)13-20/h2-3,6-9,14,20H,4-5,10-13H2,1H3/p+1/t14-/m1/s1. The molecule has 0 spiro atoms. The van der Waals surface area contributed by atoms with E-state index in [0.29, 0.717) is 12.5 Å². The molecule has 112 valence electrons. The first kappa shape index (κ1) is 14.4. The molecule has 1 unspecified atom stereocenters. The number of nitrogens with one attached hydrogen (secondary N) is 1. The van der Waals surface area contributed by atoms with Gasteiger partial charge in [-0.1, -0.05) is 30.3 Å². The fourth-order valence-corrected chi connectivity index (χ4v) is 3.51. The van der Waals surface area contributed by atoms with Crippen LogP contribution in [0.3, 0.4) is 0 Å². The van der Waals surface area contributed by atoms with Crippen molar-refractivity contribution in [2.45, 2.75) is 19.4 Å². The summed E-state index contributed by atoms with van der Waals surface area (Å²) in [7, 11) is 1.75. The Balaban J connectivity index is 1.91. The van der Waals surface area contributed by atoms with Crippen molar-refractivity contribution in [3.05, 3.63) is 42.0 Å². The Morgan fingerprint density at radius 2 is 2.10 bits per heavy atom. The summed E-state index contributed by atoms with van der Waals surface area (Å²) in [5.41, 5.74) is 1.30. The average Bonchev–Trinajstić information content (AvgIpc) is 2.55. The van der Waals surface area contributed by atoms with Gasteiger partial charge in [0.15, 0.2) is 0 Å². The second-order valence-corrected chi connectivity index (χ2v) is 6.04. The van der Waals surface area contributed by atoms with Crippen molar-refractivity contribution in [2.75, 3.05) is 26.8 Å². The number of fused-ring (bicyclic) bond motifs is 1. The lowest BCUT2D eigenvalue weighted by Gasteiger charge is -2.29. The van der Waals surface area contributed by atoms with Gasteiger partial charge in [-0.15, -0.1) is 0 Å². The van der Waals surface area contributed by atoms with Crippen LogP contribution in [-0.4, -0.2) is 31.9 Å². The first-order valence-corrected chi connectivity index (χ1v) is 7.81. The van der Waals surface area contributed by atoms with E-state index in [4.69, 9.17) is 4.74 Å². The molecular formula is C18H24NO2+. The molecule has 1 saturated heterocycles. The second kappa shape index (κ2) is 6.46. The molecule has 21 heavy (non-hydrogen) atoms. The van der Waals surface area contributed by atoms with E-state index in [2.05, 4.69) is 36.4 Å². The number of benzene rings is 2. The molecule has 0 radical (unpaired) electrons. The average molecular weight is 286 g/mol. The molecule has 2 N–H and O–H groups in total. The molecule has 0 aliphatic carbocycles. The number of aliphatic hydroxyl groups excluding tert-OH is 1. The maximum absolute atomic E-state index is 9.41. The van der Waals surface area contributed by atoms with Crippen LogP contribution in [0.4, 0.5) is 0 Å². The monoisotopic (exact) mass is 286 g/mol. The van der Waals surface area contributed by atoms with E-state index < -0.39 is 0 Å². The Morgan fingerprint density at radius 3 is 2.90 bits per heavy atom. The second-order valence-electron chi connectivity index (χ2n) is 6.04. The molecule has 1 aliphatic heterocycles. The highest BCUT2D eigenvalue weighted by Gasteiger charge is 2.24. The van der Waals surface area contributed by atoms with Crippen molar-refractivity contribution < 1.29 is 14.7 Å². The van der Waals surface area contributed by atoms with Gasteiger partial charge < -0.3 is 14.7 Å². The van der Waals surface area contributed by atoms with Gasteiger partial charge in [-0.25, -0.2) is 0 Å². The van der Waals surface area contributed by atoms with Gasteiger partial charge in [0.1, 0.15) is 12.3 Å². The number of likely N-dealkylation sites (tertiary alicyclic amines) is 1. The number of rotatable bonds is 4. The molecule has 0 bridgehead atoms. The van der Waals surface area contributed by atoms with E-state index in [9.17, 15) is 5.11 Å². The van der Waals surface area contributed by atoms with Crippen LogP contribution in [0, 0.1) is 5.92 Å². The summed E-state index contributed by atoms with van der Waals surface area (Å²) in [5.74, 6) is 1.43. The van der Waals surface area contributed by atoms with Gasteiger partial charge in [-0.2, -0.15) is 0 Å². The minimum absolute atomic E-state index is 0.316. The number of quaternary nitrogens is 1. The molecule has 3 heteroatoms. The first-order valence-electron chi connectivity index (χ1n) is 7.81. The Kier molecular flexibility index (Phi) is 4.42. The predicted octanol–water partition coefficient (Wildman–Crippen LogP) is 1.64. The largest absolute Gasteiger partial charge is 0.496 e. The quantitative estimate of drug-likeness (QED) is 0.896. The third kappa shape index (κ3) is 3.04.